The number of halogens is 1. The van der Waals surface area contributed by atoms with E-state index < -0.39 is 0 Å². The van der Waals surface area contributed by atoms with Gasteiger partial charge in [-0.25, -0.2) is 9.37 Å². The van der Waals surface area contributed by atoms with Crippen LogP contribution in [0.4, 0.5) is 4.39 Å². The van der Waals surface area contributed by atoms with Crippen LogP contribution in [0.2, 0.25) is 0 Å². The lowest BCUT2D eigenvalue weighted by Gasteiger charge is -2.15. The summed E-state index contributed by atoms with van der Waals surface area (Å²) in [5.74, 6) is -0.404. The zero-order valence-corrected chi connectivity index (χ0v) is 15.7. The largest absolute Gasteiger partial charge is 0.358 e. The number of nitrogens with one attached hydrogen (secondary N) is 2. The third-order valence-corrected chi connectivity index (χ3v) is 4.99. The van der Waals surface area contributed by atoms with Crippen molar-refractivity contribution in [2.45, 2.75) is 26.3 Å². The Morgan fingerprint density at radius 3 is 2.75 bits per heavy atom. The van der Waals surface area contributed by atoms with Crippen LogP contribution in [-0.2, 0) is 11.2 Å². The number of hydrogen-bond donors (Lipinski definition) is 2. The molecule has 5 nitrogen and oxygen atoms in total. The minimum absolute atomic E-state index is 0.0977. The maximum absolute atomic E-state index is 13.6. The molecule has 142 valence electrons. The lowest BCUT2D eigenvalue weighted by molar-refractivity contribution is -0.121. The van der Waals surface area contributed by atoms with Gasteiger partial charge in [-0.15, -0.1) is 0 Å². The molecule has 0 aliphatic rings. The molecule has 0 aliphatic carbocycles. The number of aromatic nitrogens is 3. The fourth-order valence-electron chi connectivity index (χ4n) is 3.47. The first-order chi connectivity index (χ1) is 13.5. The average Bonchev–Trinajstić information content (AvgIpc) is 3.31. The summed E-state index contributed by atoms with van der Waals surface area (Å²) in [6.07, 6.45) is 5.56. The van der Waals surface area contributed by atoms with Crippen molar-refractivity contribution in [1.29, 1.82) is 0 Å². The highest BCUT2D eigenvalue weighted by Crippen LogP contribution is 2.24. The van der Waals surface area contributed by atoms with Gasteiger partial charge in [0, 0.05) is 34.7 Å². The molecule has 0 aliphatic heterocycles. The molecule has 0 bridgehead atoms. The third-order valence-electron chi connectivity index (χ3n) is 4.99. The van der Waals surface area contributed by atoms with Crippen LogP contribution in [0.1, 0.15) is 29.8 Å². The van der Waals surface area contributed by atoms with Gasteiger partial charge >= 0.3 is 0 Å². The first kappa shape index (κ1) is 18.0. The first-order valence-corrected chi connectivity index (χ1v) is 9.15. The monoisotopic (exact) mass is 376 g/mol. The molecular formula is C22H21FN4O. The van der Waals surface area contributed by atoms with Crippen molar-refractivity contribution in [3.63, 3.8) is 0 Å². The molecule has 0 fully saturated rings. The number of imidazole rings is 1. The standard InChI is InChI=1S/C22H21FN4O/c1-14(16-3-6-18(7-4-16)27-10-9-24-13-27)26-22(28)12-19-15(2)25-21-8-5-17(23)11-20(19)21/h3-11,13-14,25H,12H2,1-2H3,(H,26,28). The van der Waals surface area contributed by atoms with Crippen molar-refractivity contribution in [1.82, 2.24) is 19.9 Å². The number of amides is 1. The topological polar surface area (TPSA) is 62.7 Å². The molecule has 2 heterocycles. The number of nitrogens with zero attached hydrogens (tertiary/aromatic N) is 2. The van der Waals surface area contributed by atoms with Crippen molar-refractivity contribution in [3.05, 3.63) is 83.8 Å². The smallest absolute Gasteiger partial charge is 0.224 e. The van der Waals surface area contributed by atoms with E-state index in [0.717, 1.165) is 33.4 Å². The average molecular weight is 376 g/mol. The summed E-state index contributed by atoms with van der Waals surface area (Å²) >= 11 is 0. The number of H-pyrrole nitrogens is 1. The van der Waals surface area contributed by atoms with Crippen molar-refractivity contribution >= 4 is 16.8 Å². The van der Waals surface area contributed by atoms with Crippen LogP contribution in [0.3, 0.4) is 0 Å². The van der Waals surface area contributed by atoms with Crippen LogP contribution in [-0.4, -0.2) is 20.4 Å². The van der Waals surface area contributed by atoms with Crippen LogP contribution in [0.15, 0.2) is 61.2 Å². The summed E-state index contributed by atoms with van der Waals surface area (Å²) in [5, 5.41) is 3.78. The summed E-state index contributed by atoms with van der Waals surface area (Å²) in [4.78, 5) is 19.9. The molecule has 6 heteroatoms. The first-order valence-electron chi connectivity index (χ1n) is 9.15. The Kier molecular flexibility index (Phi) is 4.69. The predicted molar refractivity (Wildman–Crippen MR) is 107 cm³/mol. The second kappa shape index (κ2) is 7.31. The molecule has 0 radical (unpaired) electrons. The zero-order valence-electron chi connectivity index (χ0n) is 15.7. The van der Waals surface area contributed by atoms with E-state index in [0.29, 0.717) is 0 Å². The van der Waals surface area contributed by atoms with Crippen LogP contribution >= 0.6 is 0 Å². The summed E-state index contributed by atoms with van der Waals surface area (Å²) in [7, 11) is 0. The van der Waals surface area contributed by atoms with Gasteiger partial charge in [0.2, 0.25) is 5.91 Å². The van der Waals surface area contributed by atoms with E-state index in [-0.39, 0.29) is 24.2 Å². The number of aryl methyl sites for hydroxylation is 1. The molecule has 2 aromatic heterocycles. The van der Waals surface area contributed by atoms with Gasteiger partial charge in [0.05, 0.1) is 18.8 Å². The highest BCUT2D eigenvalue weighted by molar-refractivity contribution is 5.90. The van der Waals surface area contributed by atoms with Crippen molar-refractivity contribution in [3.8, 4) is 5.69 Å². The SMILES string of the molecule is Cc1[nH]c2ccc(F)cc2c1CC(=O)NC(C)c1ccc(-n2ccnc2)cc1. The Hall–Kier alpha value is -3.41. The van der Waals surface area contributed by atoms with Gasteiger partial charge in [-0.2, -0.15) is 0 Å². The number of carbonyl (C=O) groups excluding carboxylic acids is 1. The minimum atomic E-state index is -0.306. The van der Waals surface area contributed by atoms with Crippen molar-refractivity contribution in [2.24, 2.45) is 0 Å². The Bertz CT molecular complexity index is 1110. The number of benzene rings is 2. The van der Waals surface area contributed by atoms with E-state index in [1.165, 1.54) is 12.1 Å². The molecule has 0 saturated heterocycles. The van der Waals surface area contributed by atoms with Gasteiger partial charge in [0.15, 0.2) is 0 Å². The van der Waals surface area contributed by atoms with E-state index in [9.17, 15) is 9.18 Å². The molecule has 1 unspecified atom stereocenters. The maximum atomic E-state index is 13.6. The van der Waals surface area contributed by atoms with Crippen LogP contribution in [0.5, 0.6) is 0 Å². The maximum Gasteiger partial charge on any atom is 0.224 e. The fraction of sp³-hybridized carbons (Fsp3) is 0.182. The number of rotatable bonds is 5. The van der Waals surface area contributed by atoms with Crippen molar-refractivity contribution < 1.29 is 9.18 Å². The van der Waals surface area contributed by atoms with Gasteiger partial charge < -0.3 is 14.9 Å². The molecule has 2 N–H and O–H groups in total. The predicted octanol–water partition coefficient (Wildman–Crippen LogP) is 4.22. The number of hydrogen-bond acceptors (Lipinski definition) is 2. The van der Waals surface area contributed by atoms with Crippen molar-refractivity contribution in [2.75, 3.05) is 0 Å². The highest BCUT2D eigenvalue weighted by Gasteiger charge is 2.15. The lowest BCUT2D eigenvalue weighted by atomic mass is 10.1. The lowest BCUT2D eigenvalue weighted by Crippen LogP contribution is -2.28. The summed E-state index contributed by atoms with van der Waals surface area (Å²) in [5.41, 5.74) is 4.57. The quantitative estimate of drug-likeness (QED) is 0.548. The molecule has 28 heavy (non-hydrogen) atoms. The molecule has 4 rings (SSSR count). The Morgan fingerprint density at radius 1 is 1.25 bits per heavy atom. The van der Waals surface area contributed by atoms with Gasteiger partial charge in [0.25, 0.3) is 0 Å². The van der Waals surface area contributed by atoms with Crippen LogP contribution in [0, 0.1) is 12.7 Å². The summed E-state index contributed by atoms with van der Waals surface area (Å²) in [6.45, 7) is 3.85. The molecular weight excluding hydrogens is 355 g/mol. The second-order valence-corrected chi connectivity index (χ2v) is 6.95. The van der Waals surface area contributed by atoms with E-state index in [1.807, 2.05) is 48.9 Å². The van der Waals surface area contributed by atoms with Crippen LogP contribution < -0.4 is 5.32 Å². The van der Waals surface area contributed by atoms with Gasteiger partial charge in [-0.3, -0.25) is 4.79 Å². The molecule has 2 aromatic carbocycles. The zero-order chi connectivity index (χ0) is 19.7. The molecule has 0 spiro atoms. The van der Waals surface area contributed by atoms with E-state index in [1.54, 1.807) is 18.6 Å². The van der Waals surface area contributed by atoms with Crippen LogP contribution in [0.25, 0.3) is 16.6 Å². The number of fused-ring (bicyclic) bond motifs is 1. The normalized spacial score (nSPS) is 12.2. The third kappa shape index (κ3) is 3.53. The Balaban J connectivity index is 1.46. The molecule has 4 aromatic rings. The molecule has 0 saturated carbocycles. The number of carbonyl (C=O) groups is 1. The number of aromatic amines is 1. The van der Waals surface area contributed by atoms with E-state index >= 15 is 0 Å². The highest BCUT2D eigenvalue weighted by atomic mass is 19.1. The Labute approximate surface area is 162 Å². The Morgan fingerprint density at radius 2 is 2.04 bits per heavy atom. The second-order valence-electron chi connectivity index (χ2n) is 6.95. The van der Waals surface area contributed by atoms with Gasteiger partial charge in [0.1, 0.15) is 5.82 Å². The molecule has 1 atom stereocenters. The van der Waals surface area contributed by atoms with E-state index in [2.05, 4.69) is 15.3 Å². The summed E-state index contributed by atoms with van der Waals surface area (Å²) < 4.78 is 15.5. The van der Waals surface area contributed by atoms with E-state index in [4.69, 9.17) is 0 Å². The fourth-order valence-corrected chi connectivity index (χ4v) is 3.47. The van der Waals surface area contributed by atoms with Gasteiger partial charge in [-0.1, -0.05) is 12.1 Å². The van der Waals surface area contributed by atoms with Gasteiger partial charge in [-0.05, 0) is 55.3 Å². The summed E-state index contributed by atoms with van der Waals surface area (Å²) in [6, 6.07) is 12.4. The minimum Gasteiger partial charge on any atom is -0.358 e. The molecule has 1 amide bonds.